The SMILES string of the molecule is CNC(c1cccs1)c1ccccc1SC. The van der Waals surface area contributed by atoms with E-state index in [1.807, 2.05) is 7.05 Å². The Balaban J connectivity index is 2.41. The van der Waals surface area contributed by atoms with Gasteiger partial charge in [-0.15, -0.1) is 23.1 Å². The quantitative estimate of drug-likeness (QED) is 0.828. The van der Waals surface area contributed by atoms with E-state index < -0.39 is 0 Å². The maximum atomic E-state index is 3.39. The molecule has 1 atom stereocenters. The number of thiophene rings is 1. The number of hydrogen-bond acceptors (Lipinski definition) is 3. The third-order valence-corrected chi connectivity index (χ3v) is 4.32. The minimum atomic E-state index is 0.309. The van der Waals surface area contributed by atoms with Gasteiger partial charge in [-0.2, -0.15) is 0 Å². The Morgan fingerprint density at radius 3 is 2.62 bits per heavy atom. The van der Waals surface area contributed by atoms with Crippen LogP contribution in [0.5, 0.6) is 0 Å². The number of nitrogens with one attached hydrogen (secondary N) is 1. The maximum Gasteiger partial charge on any atom is 0.0679 e. The van der Waals surface area contributed by atoms with Gasteiger partial charge in [0.15, 0.2) is 0 Å². The number of rotatable bonds is 4. The molecule has 1 aromatic carbocycles. The van der Waals surface area contributed by atoms with Crippen LogP contribution in [0.3, 0.4) is 0 Å². The molecular formula is C13H15NS2. The molecule has 3 heteroatoms. The first-order valence-electron chi connectivity index (χ1n) is 5.20. The molecule has 0 bridgehead atoms. The molecule has 2 rings (SSSR count). The lowest BCUT2D eigenvalue weighted by Gasteiger charge is -2.17. The highest BCUT2D eigenvalue weighted by atomic mass is 32.2. The fourth-order valence-corrected chi connectivity index (χ4v) is 3.30. The van der Waals surface area contributed by atoms with Gasteiger partial charge in [-0.1, -0.05) is 24.3 Å². The van der Waals surface area contributed by atoms with Gasteiger partial charge in [-0.25, -0.2) is 0 Å². The molecule has 84 valence electrons. The molecule has 0 aliphatic carbocycles. The van der Waals surface area contributed by atoms with E-state index in [-0.39, 0.29) is 0 Å². The summed E-state index contributed by atoms with van der Waals surface area (Å²) in [6.45, 7) is 0. The molecule has 1 aromatic heterocycles. The summed E-state index contributed by atoms with van der Waals surface area (Å²) < 4.78 is 0. The van der Waals surface area contributed by atoms with Crippen LogP contribution in [0.2, 0.25) is 0 Å². The zero-order chi connectivity index (χ0) is 11.4. The van der Waals surface area contributed by atoms with Crippen LogP contribution in [0.25, 0.3) is 0 Å². The molecule has 0 spiro atoms. The fourth-order valence-electron chi connectivity index (χ4n) is 1.81. The predicted molar refractivity (Wildman–Crippen MR) is 73.4 cm³/mol. The van der Waals surface area contributed by atoms with Gasteiger partial charge in [0.25, 0.3) is 0 Å². The van der Waals surface area contributed by atoms with Gasteiger partial charge in [-0.05, 0) is 36.4 Å². The van der Waals surface area contributed by atoms with Crippen LogP contribution in [-0.2, 0) is 0 Å². The standard InChI is InChI=1S/C13H15NS2/c1-14-13(12-8-5-9-16-12)10-6-3-4-7-11(10)15-2/h3-9,13-14H,1-2H3. The highest BCUT2D eigenvalue weighted by molar-refractivity contribution is 7.98. The molecule has 0 radical (unpaired) electrons. The second-order valence-corrected chi connectivity index (χ2v) is 5.31. The van der Waals surface area contributed by atoms with Crippen LogP contribution in [0.15, 0.2) is 46.7 Å². The fraction of sp³-hybridized carbons (Fsp3) is 0.231. The summed E-state index contributed by atoms with van der Waals surface area (Å²) in [4.78, 5) is 2.71. The number of thioether (sulfide) groups is 1. The average Bonchev–Trinajstić information content (AvgIpc) is 2.84. The normalized spacial score (nSPS) is 12.6. The van der Waals surface area contributed by atoms with Crippen molar-refractivity contribution >= 4 is 23.1 Å². The van der Waals surface area contributed by atoms with Crippen LogP contribution < -0.4 is 5.32 Å². The van der Waals surface area contributed by atoms with Gasteiger partial charge >= 0.3 is 0 Å². The van der Waals surface area contributed by atoms with E-state index in [0.717, 1.165) is 0 Å². The second-order valence-electron chi connectivity index (χ2n) is 3.48. The number of hydrogen-bond donors (Lipinski definition) is 1. The smallest absolute Gasteiger partial charge is 0.0679 e. The minimum Gasteiger partial charge on any atom is -0.309 e. The lowest BCUT2D eigenvalue weighted by Crippen LogP contribution is -2.17. The highest BCUT2D eigenvalue weighted by Gasteiger charge is 2.15. The molecule has 1 N–H and O–H groups in total. The molecule has 0 aliphatic rings. The van der Waals surface area contributed by atoms with Crippen molar-refractivity contribution in [1.82, 2.24) is 5.32 Å². The zero-order valence-electron chi connectivity index (χ0n) is 9.44. The Bertz CT molecular complexity index is 437. The van der Waals surface area contributed by atoms with Crippen LogP contribution in [0, 0.1) is 0 Å². The largest absolute Gasteiger partial charge is 0.309 e. The Labute approximate surface area is 105 Å². The van der Waals surface area contributed by atoms with Gasteiger partial charge in [0, 0.05) is 9.77 Å². The lowest BCUT2D eigenvalue weighted by atomic mass is 10.1. The van der Waals surface area contributed by atoms with E-state index >= 15 is 0 Å². The van der Waals surface area contributed by atoms with Crippen molar-refractivity contribution in [2.75, 3.05) is 13.3 Å². The summed E-state index contributed by atoms with van der Waals surface area (Å²) in [7, 11) is 2.02. The monoisotopic (exact) mass is 249 g/mol. The summed E-state index contributed by atoms with van der Waals surface area (Å²) >= 11 is 3.60. The highest BCUT2D eigenvalue weighted by Crippen LogP contribution is 2.31. The molecule has 0 aliphatic heterocycles. The van der Waals surface area contributed by atoms with E-state index in [1.165, 1.54) is 15.3 Å². The molecule has 0 saturated carbocycles. The van der Waals surface area contributed by atoms with Gasteiger partial charge in [0.05, 0.1) is 6.04 Å². The van der Waals surface area contributed by atoms with Crippen LogP contribution in [0.4, 0.5) is 0 Å². The van der Waals surface area contributed by atoms with Crippen molar-refractivity contribution in [3.05, 3.63) is 52.2 Å². The first-order valence-corrected chi connectivity index (χ1v) is 7.31. The van der Waals surface area contributed by atoms with E-state index in [4.69, 9.17) is 0 Å². The summed E-state index contributed by atoms with van der Waals surface area (Å²) in [6, 6.07) is 13.2. The molecule has 0 fully saturated rings. The minimum absolute atomic E-state index is 0.309. The van der Waals surface area contributed by atoms with Crippen molar-refractivity contribution in [1.29, 1.82) is 0 Å². The van der Waals surface area contributed by atoms with Crippen molar-refractivity contribution in [2.24, 2.45) is 0 Å². The van der Waals surface area contributed by atoms with E-state index in [1.54, 1.807) is 23.1 Å². The molecule has 1 nitrogen and oxygen atoms in total. The third-order valence-electron chi connectivity index (χ3n) is 2.57. The molecule has 0 saturated heterocycles. The van der Waals surface area contributed by atoms with Crippen LogP contribution in [-0.4, -0.2) is 13.3 Å². The first kappa shape index (κ1) is 11.7. The summed E-state index contributed by atoms with van der Waals surface area (Å²) in [5.74, 6) is 0. The van der Waals surface area contributed by atoms with Gasteiger partial charge < -0.3 is 5.32 Å². The Hall–Kier alpha value is -0.770. The van der Waals surface area contributed by atoms with Crippen molar-refractivity contribution in [3.8, 4) is 0 Å². The van der Waals surface area contributed by atoms with Crippen molar-refractivity contribution in [3.63, 3.8) is 0 Å². The summed E-state index contributed by atoms with van der Waals surface area (Å²) in [5.41, 5.74) is 1.36. The lowest BCUT2D eigenvalue weighted by molar-refractivity contribution is 0.692. The van der Waals surface area contributed by atoms with E-state index in [2.05, 4.69) is 53.4 Å². The Morgan fingerprint density at radius 1 is 1.19 bits per heavy atom. The average molecular weight is 249 g/mol. The summed E-state index contributed by atoms with van der Waals surface area (Å²) in [5, 5.41) is 5.52. The first-order chi connectivity index (χ1) is 7.86. The molecule has 1 heterocycles. The predicted octanol–water partition coefficient (Wildman–Crippen LogP) is 3.78. The number of benzene rings is 1. The Morgan fingerprint density at radius 2 is 2.00 bits per heavy atom. The van der Waals surface area contributed by atoms with Crippen molar-refractivity contribution < 1.29 is 0 Å². The van der Waals surface area contributed by atoms with Gasteiger partial charge in [-0.3, -0.25) is 0 Å². The summed E-state index contributed by atoms with van der Waals surface area (Å²) in [6.07, 6.45) is 2.12. The van der Waals surface area contributed by atoms with Crippen molar-refractivity contribution in [2.45, 2.75) is 10.9 Å². The van der Waals surface area contributed by atoms with Crippen LogP contribution >= 0.6 is 23.1 Å². The molecule has 1 unspecified atom stereocenters. The molecule has 2 aromatic rings. The Kier molecular flexibility index (Phi) is 4.04. The zero-order valence-corrected chi connectivity index (χ0v) is 11.1. The molecule has 16 heavy (non-hydrogen) atoms. The van der Waals surface area contributed by atoms with E-state index in [9.17, 15) is 0 Å². The molecular weight excluding hydrogens is 234 g/mol. The van der Waals surface area contributed by atoms with Gasteiger partial charge in [0.1, 0.15) is 0 Å². The maximum absolute atomic E-state index is 3.39. The third kappa shape index (κ3) is 2.32. The van der Waals surface area contributed by atoms with Gasteiger partial charge in [0.2, 0.25) is 0 Å². The van der Waals surface area contributed by atoms with Crippen LogP contribution in [0.1, 0.15) is 16.5 Å². The second kappa shape index (κ2) is 5.53. The van der Waals surface area contributed by atoms with E-state index in [0.29, 0.717) is 6.04 Å². The topological polar surface area (TPSA) is 12.0 Å². The molecule has 0 amide bonds.